The minimum atomic E-state index is -0.189. The summed E-state index contributed by atoms with van der Waals surface area (Å²) in [6, 6.07) is 16.1. The molecule has 0 atom stereocenters. The summed E-state index contributed by atoms with van der Waals surface area (Å²) in [4.78, 5) is 28.5. The summed E-state index contributed by atoms with van der Waals surface area (Å²) in [6.45, 7) is 6.70. The first-order chi connectivity index (χ1) is 15.7. The minimum absolute atomic E-state index is 0.189. The molecule has 2 saturated heterocycles. The second-order valence-corrected chi connectivity index (χ2v) is 8.43. The summed E-state index contributed by atoms with van der Waals surface area (Å²) >= 11 is 0. The van der Waals surface area contributed by atoms with E-state index in [-0.39, 0.29) is 11.9 Å². The largest absolute Gasteiger partial charge is 0.379 e. The van der Waals surface area contributed by atoms with Crippen molar-refractivity contribution in [3.63, 3.8) is 0 Å². The number of urea groups is 1. The van der Waals surface area contributed by atoms with Crippen LogP contribution in [0.3, 0.4) is 0 Å². The fourth-order valence-corrected chi connectivity index (χ4v) is 4.23. The standard InChI is InChI=1S/C25H32N4O3/c30-24-9-4-10-29(24)18-21-6-3-5-20(15-21)16-26-25(31)27-17-22-7-1-2-8-23(22)19-28-11-13-32-14-12-28/h1-3,5-8,15H,4,9-14,16-19H2,(H2,26,27,31). The lowest BCUT2D eigenvalue weighted by Gasteiger charge is -2.27. The Balaban J connectivity index is 1.25. The molecule has 2 aromatic rings. The summed E-state index contributed by atoms with van der Waals surface area (Å²) < 4.78 is 5.43. The number of nitrogens with one attached hydrogen (secondary N) is 2. The molecule has 170 valence electrons. The van der Waals surface area contributed by atoms with E-state index in [1.54, 1.807) is 0 Å². The van der Waals surface area contributed by atoms with Gasteiger partial charge in [-0.05, 0) is 28.7 Å². The molecule has 2 N–H and O–H groups in total. The zero-order chi connectivity index (χ0) is 22.2. The van der Waals surface area contributed by atoms with Gasteiger partial charge in [-0.1, -0.05) is 48.5 Å². The number of hydrogen-bond donors (Lipinski definition) is 2. The highest BCUT2D eigenvalue weighted by Gasteiger charge is 2.20. The minimum Gasteiger partial charge on any atom is -0.379 e. The van der Waals surface area contributed by atoms with Crippen molar-refractivity contribution < 1.29 is 14.3 Å². The fraction of sp³-hybridized carbons (Fsp3) is 0.440. The maximum absolute atomic E-state index is 12.4. The number of amides is 3. The summed E-state index contributed by atoms with van der Waals surface area (Å²) in [7, 11) is 0. The lowest BCUT2D eigenvalue weighted by Crippen LogP contribution is -2.37. The predicted octanol–water partition coefficient (Wildman–Crippen LogP) is 2.64. The molecule has 0 spiro atoms. The Morgan fingerprint density at radius 3 is 2.41 bits per heavy atom. The Hall–Kier alpha value is -2.90. The first-order valence-electron chi connectivity index (χ1n) is 11.4. The molecule has 0 radical (unpaired) electrons. The third kappa shape index (κ3) is 6.31. The van der Waals surface area contributed by atoms with Gasteiger partial charge in [-0.15, -0.1) is 0 Å². The maximum Gasteiger partial charge on any atom is 0.315 e. The molecule has 0 aromatic heterocycles. The van der Waals surface area contributed by atoms with Crippen LogP contribution in [0.2, 0.25) is 0 Å². The number of rotatable bonds is 8. The second kappa shape index (κ2) is 11.1. The van der Waals surface area contributed by atoms with Gasteiger partial charge in [-0.3, -0.25) is 9.69 Å². The van der Waals surface area contributed by atoms with Crippen LogP contribution in [0, 0.1) is 0 Å². The number of carbonyl (C=O) groups is 2. The monoisotopic (exact) mass is 436 g/mol. The van der Waals surface area contributed by atoms with Gasteiger partial charge in [0.15, 0.2) is 0 Å². The molecule has 3 amide bonds. The first-order valence-corrected chi connectivity index (χ1v) is 11.4. The normalized spacial score (nSPS) is 16.9. The Bertz CT molecular complexity index is 927. The lowest BCUT2D eigenvalue weighted by molar-refractivity contribution is -0.128. The quantitative estimate of drug-likeness (QED) is 0.667. The summed E-state index contributed by atoms with van der Waals surface area (Å²) in [5.41, 5.74) is 4.49. The average Bonchev–Trinajstić information content (AvgIpc) is 3.22. The number of ether oxygens (including phenoxy) is 1. The molecule has 2 aliphatic heterocycles. The highest BCUT2D eigenvalue weighted by molar-refractivity contribution is 5.78. The smallest absolute Gasteiger partial charge is 0.315 e. The maximum atomic E-state index is 12.4. The van der Waals surface area contributed by atoms with Crippen LogP contribution in [-0.4, -0.2) is 54.6 Å². The van der Waals surface area contributed by atoms with Gasteiger partial charge >= 0.3 is 6.03 Å². The van der Waals surface area contributed by atoms with Gasteiger partial charge in [-0.25, -0.2) is 4.79 Å². The van der Waals surface area contributed by atoms with E-state index in [4.69, 9.17) is 4.74 Å². The average molecular weight is 437 g/mol. The van der Waals surface area contributed by atoms with Crippen LogP contribution in [0.1, 0.15) is 35.1 Å². The van der Waals surface area contributed by atoms with Crippen molar-refractivity contribution in [3.05, 3.63) is 70.8 Å². The van der Waals surface area contributed by atoms with Crippen molar-refractivity contribution in [3.8, 4) is 0 Å². The molecular weight excluding hydrogens is 404 g/mol. The summed E-state index contributed by atoms with van der Waals surface area (Å²) in [6.07, 6.45) is 1.59. The molecule has 7 nitrogen and oxygen atoms in total. The molecule has 0 bridgehead atoms. The van der Waals surface area contributed by atoms with E-state index in [0.29, 0.717) is 26.1 Å². The summed E-state index contributed by atoms with van der Waals surface area (Å²) in [5.74, 6) is 0.224. The van der Waals surface area contributed by atoms with Crippen molar-refractivity contribution in [2.75, 3.05) is 32.8 Å². The molecule has 2 aromatic carbocycles. The number of hydrogen-bond acceptors (Lipinski definition) is 4. The topological polar surface area (TPSA) is 73.9 Å². The number of carbonyl (C=O) groups excluding carboxylic acids is 2. The SMILES string of the molecule is O=C(NCc1cccc(CN2CCCC2=O)c1)NCc1ccccc1CN1CCOCC1. The highest BCUT2D eigenvalue weighted by Crippen LogP contribution is 2.15. The predicted molar refractivity (Wildman–Crippen MR) is 123 cm³/mol. The molecule has 7 heteroatoms. The van der Waals surface area contributed by atoms with Gasteiger partial charge < -0.3 is 20.3 Å². The molecule has 4 rings (SSSR count). The fourth-order valence-electron chi connectivity index (χ4n) is 4.23. The van der Waals surface area contributed by atoms with Crippen LogP contribution in [0.25, 0.3) is 0 Å². The van der Waals surface area contributed by atoms with Crippen molar-refractivity contribution in [2.24, 2.45) is 0 Å². The zero-order valence-electron chi connectivity index (χ0n) is 18.5. The van der Waals surface area contributed by atoms with E-state index < -0.39 is 0 Å². The first kappa shape index (κ1) is 22.3. The van der Waals surface area contributed by atoms with Gasteiger partial charge in [0.2, 0.25) is 5.91 Å². The van der Waals surface area contributed by atoms with E-state index in [1.807, 2.05) is 35.2 Å². The molecule has 32 heavy (non-hydrogen) atoms. The second-order valence-electron chi connectivity index (χ2n) is 8.43. The zero-order valence-corrected chi connectivity index (χ0v) is 18.5. The van der Waals surface area contributed by atoms with Crippen LogP contribution < -0.4 is 10.6 Å². The van der Waals surface area contributed by atoms with E-state index in [9.17, 15) is 9.59 Å². The van der Waals surface area contributed by atoms with Gasteiger partial charge in [0.05, 0.1) is 13.2 Å². The van der Waals surface area contributed by atoms with Crippen LogP contribution in [-0.2, 0) is 35.7 Å². The molecule has 2 aliphatic rings. The molecule has 2 heterocycles. The van der Waals surface area contributed by atoms with Crippen molar-refractivity contribution >= 4 is 11.9 Å². The Morgan fingerprint density at radius 2 is 1.62 bits per heavy atom. The highest BCUT2D eigenvalue weighted by atomic mass is 16.5. The molecule has 2 fully saturated rings. The lowest BCUT2D eigenvalue weighted by atomic mass is 10.1. The Morgan fingerprint density at radius 1 is 0.875 bits per heavy atom. The molecule has 0 aliphatic carbocycles. The number of benzene rings is 2. The van der Waals surface area contributed by atoms with Crippen LogP contribution in [0.15, 0.2) is 48.5 Å². The van der Waals surface area contributed by atoms with E-state index >= 15 is 0 Å². The Labute approximate surface area is 189 Å². The van der Waals surface area contributed by atoms with Gasteiger partial charge in [0, 0.05) is 52.2 Å². The van der Waals surface area contributed by atoms with Crippen molar-refractivity contribution in [1.82, 2.24) is 20.4 Å². The molecule has 0 unspecified atom stereocenters. The van der Waals surface area contributed by atoms with Gasteiger partial charge in [0.1, 0.15) is 0 Å². The number of morpholine rings is 1. The van der Waals surface area contributed by atoms with Crippen molar-refractivity contribution in [2.45, 2.75) is 39.0 Å². The van der Waals surface area contributed by atoms with Crippen molar-refractivity contribution in [1.29, 1.82) is 0 Å². The molecule has 0 saturated carbocycles. The van der Waals surface area contributed by atoms with E-state index in [1.165, 1.54) is 5.56 Å². The number of likely N-dealkylation sites (tertiary alicyclic amines) is 1. The van der Waals surface area contributed by atoms with Crippen LogP contribution in [0.5, 0.6) is 0 Å². The molecular formula is C25H32N4O3. The van der Waals surface area contributed by atoms with Gasteiger partial charge in [-0.2, -0.15) is 0 Å². The number of nitrogens with zero attached hydrogens (tertiary/aromatic N) is 2. The summed E-state index contributed by atoms with van der Waals surface area (Å²) in [5, 5.41) is 5.92. The van der Waals surface area contributed by atoms with Crippen LogP contribution in [0.4, 0.5) is 4.79 Å². The van der Waals surface area contributed by atoms with E-state index in [0.717, 1.165) is 62.5 Å². The van der Waals surface area contributed by atoms with E-state index in [2.05, 4.69) is 33.7 Å². The Kier molecular flexibility index (Phi) is 7.74. The van der Waals surface area contributed by atoms with Gasteiger partial charge in [0.25, 0.3) is 0 Å². The van der Waals surface area contributed by atoms with Crippen LogP contribution >= 0.6 is 0 Å². The third-order valence-corrected chi connectivity index (χ3v) is 6.04. The third-order valence-electron chi connectivity index (χ3n) is 6.04.